The molecule has 0 unspecified atom stereocenters. The van der Waals surface area contributed by atoms with Gasteiger partial charge in [0.1, 0.15) is 5.75 Å². The molecule has 0 saturated carbocycles. The summed E-state index contributed by atoms with van der Waals surface area (Å²) in [6.07, 6.45) is 1.71. The van der Waals surface area contributed by atoms with E-state index in [0.29, 0.717) is 11.6 Å². The van der Waals surface area contributed by atoms with E-state index in [1.165, 1.54) is 5.56 Å². The second-order valence-electron chi connectivity index (χ2n) is 6.94. The van der Waals surface area contributed by atoms with Crippen LogP contribution in [0.3, 0.4) is 0 Å². The minimum Gasteiger partial charge on any atom is -0.497 e. The van der Waals surface area contributed by atoms with Gasteiger partial charge in [-0.15, -0.1) is 0 Å². The highest BCUT2D eigenvalue weighted by Gasteiger charge is 2.24. The van der Waals surface area contributed by atoms with E-state index in [-0.39, 0.29) is 5.41 Å². The SMILES string of the molecule is COc1ccc(/C=C2\N=C(c3ccc(C(C)(C)C)cc3)OC2=O)cc1. The van der Waals surface area contributed by atoms with Gasteiger partial charge in [0.2, 0.25) is 5.90 Å². The molecule has 0 amide bonds. The molecular formula is C21H21NO3. The lowest BCUT2D eigenvalue weighted by molar-refractivity contribution is -0.129. The van der Waals surface area contributed by atoms with Gasteiger partial charge in [-0.05, 0) is 46.9 Å². The summed E-state index contributed by atoms with van der Waals surface area (Å²) in [5.41, 5.74) is 3.24. The maximum Gasteiger partial charge on any atom is 0.363 e. The highest BCUT2D eigenvalue weighted by molar-refractivity contribution is 6.12. The van der Waals surface area contributed by atoms with Crippen molar-refractivity contribution in [1.82, 2.24) is 0 Å². The zero-order chi connectivity index (χ0) is 18.0. The number of carbonyl (C=O) groups excluding carboxylic acids is 1. The van der Waals surface area contributed by atoms with Crippen LogP contribution in [-0.2, 0) is 14.9 Å². The quantitative estimate of drug-likeness (QED) is 0.619. The summed E-state index contributed by atoms with van der Waals surface area (Å²) in [5.74, 6) is 0.662. The number of benzene rings is 2. The third-order valence-corrected chi connectivity index (χ3v) is 4.04. The molecule has 0 N–H and O–H groups in total. The van der Waals surface area contributed by atoms with Crippen LogP contribution >= 0.6 is 0 Å². The number of rotatable bonds is 3. The predicted molar refractivity (Wildman–Crippen MR) is 98.7 cm³/mol. The number of ether oxygens (including phenoxy) is 2. The topological polar surface area (TPSA) is 47.9 Å². The van der Waals surface area contributed by atoms with Crippen molar-refractivity contribution in [2.45, 2.75) is 26.2 Å². The van der Waals surface area contributed by atoms with Crippen molar-refractivity contribution in [1.29, 1.82) is 0 Å². The number of hydrogen-bond acceptors (Lipinski definition) is 4. The highest BCUT2D eigenvalue weighted by atomic mass is 16.6. The number of methoxy groups -OCH3 is 1. The number of hydrogen-bond donors (Lipinski definition) is 0. The maximum absolute atomic E-state index is 12.1. The van der Waals surface area contributed by atoms with E-state index in [1.807, 2.05) is 48.5 Å². The monoisotopic (exact) mass is 335 g/mol. The summed E-state index contributed by atoms with van der Waals surface area (Å²) in [4.78, 5) is 16.4. The molecule has 0 bridgehead atoms. The van der Waals surface area contributed by atoms with Gasteiger partial charge in [-0.25, -0.2) is 9.79 Å². The van der Waals surface area contributed by atoms with Crippen molar-refractivity contribution in [3.05, 3.63) is 70.9 Å². The molecule has 0 atom stereocenters. The molecule has 1 aliphatic heterocycles. The minimum absolute atomic E-state index is 0.0755. The summed E-state index contributed by atoms with van der Waals surface area (Å²) in [7, 11) is 1.61. The van der Waals surface area contributed by atoms with E-state index in [4.69, 9.17) is 9.47 Å². The van der Waals surface area contributed by atoms with Gasteiger partial charge in [-0.1, -0.05) is 45.0 Å². The number of nitrogens with zero attached hydrogens (tertiary/aromatic N) is 1. The summed E-state index contributed by atoms with van der Waals surface area (Å²) < 4.78 is 10.4. The first-order valence-electron chi connectivity index (χ1n) is 8.14. The Morgan fingerprint density at radius 2 is 1.64 bits per heavy atom. The Kier molecular flexibility index (Phi) is 4.45. The number of esters is 1. The van der Waals surface area contributed by atoms with Crippen LogP contribution in [0.2, 0.25) is 0 Å². The van der Waals surface area contributed by atoms with Gasteiger partial charge in [0.15, 0.2) is 5.70 Å². The van der Waals surface area contributed by atoms with Crippen LogP contribution in [0.25, 0.3) is 6.08 Å². The molecule has 0 aliphatic carbocycles. The van der Waals surface area contributed by atoms with Crippen molar-refractivity contribution in [2.24, 2.45) is 4.99 Å². The largest absolute Gasteiger partial charge is 0.497 e. The van der Waals surface area contributed by atoms with E-state index in [9.17, 15) is 4.79 Å². The average molecular weight is 335 g/mol. The van der Waals surface area contributed by atoms with Gasteiger partial charge in [-0.2, -0.15) is 0 Å². The van der Waals surface area contributed by atoms with Crippen LogP contribution in [0.4, 0.5) is 0 Å². The molecule has 0 fully saturated rings. The molecule has 0 spiro atoms. The van der Waals surface area contributed by atoms with Crippen molar-refractivity contribution < 1.29 is 14.3 Å². The Labute approximate surface area is 147 Å². The number of aliphatic imine (C=N–C) groups is 1. The lowest BCUT2D eigenvalue weighted by atomic mass is 9.87. The van der Waals surface area contributed by atoms with E-state index < -0.39 is 5.97 Å². The first-order chi connectivity index (χ1) is 11.9. The van der Waals surface area contributed by atoms with Gasteiger partial charge >= 0.3 is 5.97 Å². The van der Waals surface area contributed by atoms with Gasteiger partial charge in [-0.3, -0.25) is 0 Å². The lowest BCUT2D eigenvalue weighted by Crippen LogP contribution is -2.11. The first-order valence-corrected chi connectivity index (χ1v) is 8.14. The second-order valence-corrected chi connectivity index (χ2v) is 6.94. The lowest BCUT2D eigenvalue weighted by Gasteiger charge is -2.18. The third kappa shape index (κ3) is 3.79. The maximum atomic E-state index is 12.1. The van der Waals surface area contributed by atoms with Crippen LogP contribution in [0.1, 0.15) is 37.5 Å². The number of carbonyl (C=O) groups is 1. The Morgan fingerprint density at radius 3 is 2.20 bits per heavy atom. The number of cyclic esters (lactones) is 1. The molecule has 0 saturated heterocycles. The Bertz CT molecular complexity index is 838. The molecule has 4 heteroatoms. The fourth-order valence-corrected chi connectivity index (χ4v) is 2.50. The molecule has 128 valence electrons. The summed E-state index contributed by atoms with van der Waals surface area (Å²) >= 11 is 0. The van der Waals surface area contributed by atoms with Crippen LogP contribution in [0, 0.1) is 0 Å². The summed E-state index contributed by atoms with van der Waals surface area (Å²) in [6, 6.07) is 15.3. The van der Waals surface area contributed by atoms with Gasteiger partial charge in [0.05, 0.1) is 7.11 Å². The molecule has 1 aliphatic rings. The second kappa shape index (κ2) is 6.55. The van der Waals surface area contributed by atoms with Gasteiger partial charge in [0.25, 0.3) is 0 Å². The molecule has 3 rings (SSSR count). The smallest absolute Gasteiger partial charge is 0.363 e. The van der Waals surface area contributed by atoms with E-state index >= 15 is 0 Å². The van der Waals surface area contributed by atoms with Gasteiger partial charge < -0.3 is 9.47 Å². The minimum atomic E-state index is -0.439. The fourth-order valence-electron chi connectivity index (χ4n) is 2.50. The van der Waals surface area contributed by atoms with Crippen molar-refractivity contribution >= 4 is 17.9 Å². The van der Waals surface area contributed by atoms with Crippen LogP contribution in [0.15, 0.2) is 59.2 Å². The standard InChI is InChI=1S/C21H21NO3/c1-21(2,3)16-9-7-15(8-10-16)19-22-18(20(23)25-19)13-14-5-11-17(24-4)12-6-14/h5-13H,1-4H3/b18-13-. The predicted octanol–water partition coefficient (Wildman–Crippen LogP) is 4.34. The third-order valence-electron chi connectivity index (χ3n) is 4.04. The Balaban J connectivity index is 1.85. The molecule has 2 aromatic rings. The van der Waals surface area contributed by atoms with Crippen LogP contribution in [-0.4, -0.2) is 19.0 Å². The van der Waals surface area contributed by atoms with Crippen molar-refractivity contribution in [3.63, 3.8) is 0 Å². The molecule has 1 heterocycles. The van der Waals surface area contributed by atoms with Crippen LogP contribution < -0.4 is 4.74 Å². The zero-order valence-electron chi connectivity index (χ0n) is 14.9. The average Bonchev–Trinajstić information content (AvgIpc) is 2.96. The summed E-state index contributed by atoms with van der Waals surface area (Å²) in [5, 5.41) is 0. The first kappa shape index (κ1) is 17.0. The zero-order valence-corrected chi connectivity index (χ0v) is 14.9. The molecule has 0 radical (unpaired) electrons. The molecular weight excluding hydrogens is 314 g/mol. The summed E-state index contributed by atoms with van der Waals surface area (Å²) in [6.45, 7) is 6.47. The molecule has 4 nitrogen and oxygen atoms in total. The van der Waals surface area contributed by atoms with Crippen molar-refractivity contribution in [3.8, 4) is 5.75 Å². The van der Waals surface area contributed by atoms with Crippen molar-refractivity contribution in [2.75, 3.05) is 7.11 Å². The highest BCUT2D eigenvalue weighted by Crippen LogP contribution is 2.24. The van der Waals surface area contributed by atoms with E-state index in [2.05, 4.69) is 25.8 Å². The molecule has 0 aromatic heterocycles. The molecule has 2 aromatic carbocycles. The fraction of sp³-hybridized carbons (Fsp3) is 0.238. The van der Waals surface area contributed by atoms with E-state index in [1.54, 1.807) is 13.2 Å². The normalized spacial score (nSPS) is 15.9. The molecule has 25 heavy (non-hydrogen) atoms. The van der Waals surface area contributed by atoms with Crippen LogP contribution in [0.5, 0.6) is 5.75 Å². The Morgan fingerprint density at radius 1 is 1.00 bits per heavy atom. The van der Waals surface area contributed by atoms with E-state index in [0.717, 1.165) is 16.9 Å². The Hall–Kier alpha value is -2.88. The van der Waals surface area contributed by atoms with Gasteiger partial charge in [0, 0.05) is 5.56 Å².